The predicted molar refractivity (Wildman–Crippen MR) is 25.7 cm³/mol. The molecular formula is H6Ca2ClF. The van der Waals surface area contributed by atoms with Crippen LogP contribution < -0.4 is 0 Å². The van der Waals surface area contributed by atoms with E-state index in [1.165, 1.54) is 0 Å². The molecule has 0 aliphatic carbocycles. The Balaban J connectivity index is 0. The van der Waals surface area contributed by atoms with Gasteiger partial charge >= 0.3 is 75.5 Å². The maximum atomic E-state index is 0. The van der Waals surface area contributed by atoms with Gasteiger partial charge in [-0.2, -0.15) is 0 Å². The fourth-order valence-corrected chi connectivity index (χ4v) is 0. The van der Waals surface area contributed by atoms with Gasteiger partial charge in [0.25, 0.3) is 0 Å². The third kappa shape index (κ3) is 8.83. The minimum atomic E-state index is 0. The van der Waals surface area contributed by atoms with Crippen LogP contribution in [0.1, 0.15) is 5.71 Å². The molecule has 4 heavy (non-hydrogen) atoms. The van der Waals surface area contributed by atoms with Gasteiger partial charge in [-0.3, -0.25) is 4.70 Å². The number of hydrogen-bond acceptors (Lipinski definition) is 0. The molecule has 0 N–H and O–H groups in total. The summed E-state index contributed by atoms with van der Waals surface area (Å²) in [6, 6.07) is 0. The SMILES string of the molecule is Cl.F.[Ca+2].[Ca+2].[H-].[H-].[H-].[H-]. The van der Waals surface area contributed by atoms with E-state index < -0.39 is 0 Å². The molecule has 0 fully saturated rings. The fraction of sp³-hybridized carbons (Fsp3) is 0. The predicted octanol–water partition coefficient (Wildman–Crippen LogP) is 0.263. The molecule has 0 aromatic heterocycles. The number of rotatable bonds is 0. The molecule has 0 radical (unpaired) electrons. The molecule has 0 rings (SSSR count). The van der Waals surface area contributed by atoms with Crippen LogP contribution in [0.25, 0.3) is 0 Å². The molecule has 0 aliphatic rings. The zero-order valence-electron chi connectivity index (χ0n) is 6.23. The summed E-state index contributed by atoms with van der Waals surface area (Å²) >= 11 is 0. The minimum Gasteiger partial charge on any atom is -1.00 e. The smallest absolute Gasteiger partial charge is 1.00 e. The topological polar surface area (TPSA) is 0 Å². The van der Waals surface area contributed by atoms with Crippen LogP contribution in [0.3, 0.4) is 0 Å². The Bertz CT molecular complexity index is 14.0. The third-order valence-corrected chi connectivity index (χ3v) is 0. The van der Waals surface area contributed by atoms with Gasteiger partial charge in [0.1, 0.15) is 0 Å². The van der Waals surface area contributed by atoms with Gasteiger partial charge in [0.05, 0.1) is 0 Å². The second-order valence-corrected chi connectivity index (χ2v) is 0. The molecule has 24 valence electrons. The molecule has 4 heteroatoms. The zero-order valence-corrected chi connectivity index (χ0v) is 7.46. The molecule has 0 bridgehead atoms. The first-order chi connectivity index (χ1) is 0. The van der Waals surface area contributed by atoms with E-state index in [2.05, 4.69) is 0 Å². The average Bonchev–Trinajstić information content (AvgIpc) is 0. The van der Waals surface area contributed by atoms with Crippen molar-refractivity contribution in [2.75, 3.05) is 0 Å². The molecule has 0 nitrogen and oxygen atoms in total. The average molecular weight is 141 g/mol. The molecule has 0 aliphatic heterocycles. The largest absolute Gasteiger partial charge is 2.00 e. The quantitative estimate of drug-likeness (QED) is 0.424. The van der Waals surface area contributed by atoms with Crippen molar-refractivity contribution in [2.24, 2.45) is 0 Å². The van der Waals surface area contributed by atoms with Crippen LogP contribution >= 0.6 is 12.4 Å². The summed E-state index contributed by atoms with van der Waals surface area (Å²) in [7, 11) is 0. The number of hydrogen-bond donors (Lipinski definition) is 0. The van der Waals surface area contributed by atoms with Gasteiger partial charge < -0.3 is 5.71 Å². The van der Waals surface area contributed by atoms with E-state index in [1.807, 2.05) is 0 Å². The van der Waals surface area contributed by atoms with E-state index in [0.29, 0.717) is 0 Å². The molecular weight excluding hydrogens is 135 g/mol. The molecule has 0 amide bonds. The van der Waals surface area contributed by atoms with Gasteiger partial charge in [-0.15, -0.1) is 12.4 Å². The Hall–Kier alpha value is 2.74. The van der Waals surface area contributed by atoms with Gasteiger partial charge in [0, 0.05) is 0 Å². The maximum Gasteiger partial charge on any atom is 2.00 e. The number of halogens is 2. The summed E-state index contributed by atoms with van der Waals surface area (Å²) in [6.07, 6.45) is 0. The van der Waals surface area contributed by atoms with Crippen LogP contribution in [0.5, 0.6) is 0 Å². The van der Waals surface area contributed by atoms with Crippen LogP contribution in [0.15, 0.2) is 0 Å². The second-order valence-electron chi connectivity index (χ2n) is 0. The first kappa shape index (κ1) is 29.6. The first-order valence-electron chi connectivity index (χ1n) is 0. The Kier molecular flexibility index (Phi) is 127. The van der Waals surface area contributed by atoms with Crippen molar-refractivity contribution in [3.8, 4) is 0 Å². The van der Waals surface area contributed by atoms with E-state index in [4.69, 9.17) is 0 Å². The molecule has 0 aromatic rings. The first-order valence-corrected chi connectivity index (χ1v) is 0. The third-order valence-electron chi connectivity index (χ3n) is 0. The minimum absolute atomic E-state index is 0. The van der Waals surface area contributed by atoms with Crippen molar-refractivity contribution in [3.05, 3.63) is 0 Å². The van der Waals surface area contributed by atoms with Crippen LogP contribution in [-0.4, -0.2) is 75.5 Å². The Morgan fingerprint density at radius 1 is 1.00 bits per heavy atom. The zero-order chi connectivity index (χ0) is 0. The normalized spacial score (nSPS) is 0. The van der Waals surface area contributed by atoms with Gasteiger partial charge in [-0.1, -0.05) is 0 Å². The summed E-state index contributed by atoms with van der Waals surface area (Å²) in [6.45, 7) is 0. The summed E-state index contributed by atoms with van der Waals surface area (Å²) in [4.78, 5) is 0. The van der Waals surface area contributed by atoms with Crippen LogP contribution in [0.2, 0.25) is 0 Å². The monoisotopic (exact) mass is 140 g/mol. The van der Waals surface area contributed by atoms with Crippen molar-refractivity contribution in [3.63, 3.8) is 0 Å². The summed E-state index contributed by atoms with van der Waals surface area (Å²) in [5.41, 5.74) is 0. The van der Waals surface area contributed by atoms with Gasteiger partial charge in [0.2, 0.25) is 0 Å². The van der Waals surface area contributed by atoms with E-state index in [-0.39, 0.29) is 98.3 Å². The Morgan fingerprint density at radius 3 is 1.00 bits per heavy atom. The summed E-state index contributed by atoms with van der Waals surface area (Å²) < 4.78 is 0. The Morgan fingerprint density at radius 2 is 1.00 bits per heavy atom. The molecule has 0 saturated carbocycles. The van der Waals surface area contributed by atoms with E-state index in [9.17, 15) is 0 Å². The van der Waals surface area contributed by atoms with Gasteiger partial charge in [0.15, 0.2) is 0 Å². The van der Waals surface area contributed by atoms with E-state index in [1.54, 1.807) is 0 Å². The maximum absolute atomic E-state index is 0. The summed E-state index contributed by atoms with van der Waals surface area (Å²) in [5.74, 6) is 0. The van der Waals surface area contributed by atoms with Crippen molar-refractivity contribution in [2.45, 2.75) is 0 Å². The van der Waals surface area contributed by atoms with Gasteiger partial charge in [-0.05, 0) is 0 Å². The van der Waals surface area contributed by atoms with Crippen molar-refractivity contribution in [1.82, 2.24) is 0 Å². The second kappa shape index (κ2) is 17.2. The molecule has 0 unspecified atom stereocenters. The van der Waals surface area contributed by atoms with Gasteiger partial charge in [-0.25, -0.2) is 0 Å². The van der Waals surface area contributed by atoms with E-state index in [0.717, 1.165) is 0 Å². The Labute approximate surface area is 96.4 Å². The standard InChI is InChI=1S/2Ca.ClH.FH.4H/h;;2*1H;;;;/q2*+2;;;4*-1. The molecule has 0 saturated heterocycles. The van der Waals surface area contributed by atoms with Crippen LogP contribution in [-0.2, 0) is 0 Å². The van der Waals surface area contributed by atoms with Crippen LogP contribution in [0, 0.1) is 0 Å². The molecule has 0 heterocycles. The van der Waals surface area contributed by atoms with E-state index >= 15 is 0 Å². The molecule has 0 spiro atoms. The van der Waals surface area contributed by atoms with Crippen LogP contribution in [0.4, 0.5) is 4.70 Å². The summed E-state index contributed by atoms with van der Waals surface area (Å²) in [5, 5.41) is 0. The van der Waals surface area contributed by atoms with Crippen molar-refractivity contribution < 1.29 is 10.4 Å². The molecule has 0 aromatic carbocycles. The fourth-order valence-electron chi connectivity index (χ4n) is 0. The molecule has 0 atom stereocenters. The van der Waals surface area contributed by atoms with Crippen molar-refractivity contribution >= 4 is 87.9 Å². The van der Waals surface area contributed by atoms with Crippen molar-refractivity contribution in [1.29, 1.82) is 0 Å².